The number of phosphoric ester groups is 1. The molecule has 2 rings (SSSR count). The molecule has 1 aliphatic rings. The molecule has 1 unspecified atom stereocenters. The van der Waals surface area contributed by atoms with Gasteiger partial charge in [-0.1, -0.05) is 6.07 Å². The van der Waals surface area contributed by atoms with Crippen molar-refractivity contribution in [3.63, 3.8) is 0 Å². The van der Waals surface area contributed by atoms with Crippen LogP contribution in [-0.2, 0) is 18.1 Å². The Morgan fingerprint density at radius 2 is 2.04 bits per heavy atom. The second-order valence-corrected chi connectivity index (χ2v) is 7.28. The summed E-state index contributed by atoms with van der Waals surface area (Å²) < 4.78 is 28.1. The Bertz CT molecular complexity index is 490. The molecule has 23 heavy (non-hydrogen) atoms. The van der Waals surface area contributed by atoms with Gasteiger partial charge in [0.15, 0.2) is 0 Å². The van der Waals surface area contributed by atoms with E-state index in [2.05, 4.69) is 11.1 Å². The largest absolute Gasteiger partial charge is 0.474 e. The van der Waals surface area contributed by atoms with E-state index in [1.165, 1.54) is 23.3 Å². The Morgan fingerprint density at radius 3 is 2.70 bits per heavy atom. The molecule has 6 nitrogen and oxygen atoms in total. The molecule has 0 radical (unpaired) electrons. The van der Waals surface area contributed by atoms with Crippen molar-refractivity contribution in [3.05, 3.63) is 30.1 Å². The number of hydrogen-bond donors (Lipinski definition) is 1. The predicted molar refractivity (Wildman–Crippen MR) is 88.3 cm³/mol. The number of rotatable bonds is 9. The second kappa shape index (κ2) is 9.50. The first-order chi connectivity index (χ1) is 11.2. The molecule has 1 saturated heterocycles. The molecular weight excluding hydrogens is 315 g/mol. The van der Waals surface area contributed by atoms with E-state index in [1.807, 2.05) is 12.3 Å². The number of nitrogens with one attached hydrogen (secondary N) is 1. The van der Waals surface area contributed by atoms with E-state index in [0.29, 0.717) is 25.9 Å². The van der Waals surface area contributed by atoms with Crippen LogP contribution >= 0.6 is 7.82 Å². The van der Waals surface area contributed by atoms with Crippen LogP contribution in [0.25, 0.3) is 0 Å². The van der Waals surface area contributed by atoms with E-state index >= 15 is 0 Å². The molecule has 0 spiro atoms. The summed E-state index contributed by atoms with van der Waals surface area (Å²) in [6, 6.07) is 4.55. The molecule has 1 aromatic heterocycles. The van der Waals surface area contributed by atoms with Crippen LogP contribution < -0.4 is 4.90 Å². The minimum atomic E-state index is -3.40. The number of nitrogens with zero attached hydrogens (tertiary/aromatic N) is 1. The van der Waals surface area contributed by atoms with E-state index in [4.69, 9.17) is 13.6 Å². The Labute approximate surface area is 138 Å². The first-order valence-corrected chi connectivity index (χ1v) is 9.92. The predicted octanol–water partition coefficient (Wildman–Crippen LogP) is 2.39. The van der Waals surface area contributed by atoms with Gasteiger partial charge in [-0.3, -0.25) is 18.6 Å². The molecule has 2 heterocycles. The maximum atomic E-state index is 12.3. The minimum Gasteiger partial charge on any atom is -0.327 e. The quantitative estimate of drug-likeness (QED) is 0.698. The Kier molecular flexibility index (Phi) is 7.66. The van der Waals surface area contributed by atoms with E-state index in [0.717, 1.165) is 19.5 Å². The summed E-state index contributed by atoms with van der Waals surface area (Å²) in [4.78, 5) is 5.68. The zero-order valence-electron chi connectivity index (χ0n) is 14.1. The number of likely N-dealkylation sites (tertiary alicyclic amines) is 1. The van der Waals surface area contributed by atoms with Gasteiger partial charge in [0.05, 0.1) is 19.8 Å². The van der Waals surface area contributed by atoms with Gasteiger partial charge in [-0.05, 0) is 32.8 Å². The normalized spacial score (nSPS) is 22.2. The minimum absolute atomic E-state index is 0.312. The van der Waals surface area contributed by atoms with Crippen molar-refractivity contribution in [2.24, 2.45) is 0 Å². The van der Waals surface area contributed by atoms with Crippen LogP contribution in [0.4, 0.5) is 0 Å². The Balaban J connectivity index is 1.91. The van der Waals surface area contributed by atoms with E-state index in [9.17, 15) is 4.57 Å². The van der Waals surface area contributed by atoms with Crippen molar-refractivity contribution >= 4 is 7.82 Å². The monoisotopic (exact) mass is 343 g/mol. The average Bonchev–Trinajstić information content (AvgIpc) is 2.56. The molecule has 1 N–H and O–H groups in total. The number of piperidine rings is 1. The lowest BCUT2D eigenvalue weighted by atomic mass is 9.96. The summed E-state index contributed by atoms with van der Waals surface area (Å²) in [7, 11) is -3.40. The van der Waals surface area contributed by atoms with Gasteiger partial charge in [-0.15, -0.1) is 0 Å². The molecule has 0 aromatic carbocycles. The van der Waals surface area contributed by atoms with Gasteiger partial charge in [0.25, 0.3) is 0 Å². The first-order valence-electron chi connectivity index (χ1n) is 8.46. The molecule has 2 atom stereocenters. The molecule has 0 saturated carbocycles. The lowest BCUT2D eigenvalue weighted by molar-refractivity contribution is -0.937. The van der Waals surface area contributed by atoms with Crippen molar-refractivity contribution in [1.29, 1.82) is 0 Å². The zero-order valence-corrected chi connectivity index (χ0v) is 15.0. The lowest BCUT2D eigenvalue weighted by Gasteiger charge is -2.32. The summed E-state index contributed by atoms with van der Waals surface area (Å²) in [5.41, 5.74) is 1.26. The molecular formula is C16H28N2O4P+. The summed E-state index contributed by atoms with van der Waals surface area (Å²) in [6.07, 6.45) is 7.34. The van der Waals surface area contributed by atoms with Gasteiger partial charge in [-0.25, -0.2) is 4.57 Å². The fourth-order valence-electron chi connectivity index (χ4n) is 3.08. The molecule has 0 bridgehead atoms. The van der Waals surface area contributed by atoms with Gasteiger partial charge in [-0.2, -0.15) is 0 Å². The van der Waals surface area contributed by atoms with Gasteiger partial charge in [0.2, 0.25) is 0 Å². The Hall–Kier alpha value is -0.780. The number of quaternary nitrogens is 1. The number of aromatic nitrogens is 1. The van der Waals surface area contributed by atoms with E-state index < -0.39 is 7.82 Å². The maximum absolute atomic E-state index is 12.3. The summed E-state index contributed by atoms with van der Waals surface area (Å²) in [5, 5.41) is 0. The number of pyridine rings is 1. The highest BCUT2D eigenvalue weighted by atomic mass is 31.2. The zero-order chi connectivity index (χ0) is 16.5. The fourth-order valence-corrected chi connectivity index (χ4v) is 4.25. The molecule has 1 aromatic rings. The van der Waals surface area contributed by atoms with Crippen LogP contribution in [-0.4, -0.2) is 37.9 Å². The number of hydrogen-bond acceptors (Lipinski definition) is 5. The third-order valence-electron chi connectivity index (χ3n) is 4.07. The molecule has 7 heteroatoms. The Morgan fingerprint density at radius 1 is 1.26 bits per heavy atom. The van der Waals surface area contributed by atoms with E-state index in [-0.39, 0.29) is 0 Å². The fraction of sp³-hybridized carbons (Fsp3) is 0.688. The molecule has 0 amide bonds. The van der Waals surface area contributed by atoms with Gasteiger partial charge in [0.1, 0.15) is 19.2 Å². The van der Waals surface area contributed by atoms with Crippen LogP contribution in [0, 0.1) is 0 Å². The van der Waals surface area contributed by atoms with Crippen LogP contribution in [0.1, 0.15) is 44.7 Å². The van der Waals surface area contributed by atoms with Gasteiger partial charge < -0.3 is 4.90 Å². The summed E-state index contributed by atoms with van der Waals surface area (Å²) >= 11 is 0. The van der Waals surface area contributed by atoms with Gasteiger partial charge >= 0.3 is 7.82 Å². The molecule has 0 aliphatic carbocycles. The van der Waals surface area contributed by atoms with Crippen molar-refractivity contribution in [3.8, 4) is 0 Å². The topological polar surface area (TPSA) is 62.1 Å². The van der Waals surface area contributed by atoms with Crippen LogP contribution in [0.3, 0.4) is 0 Å². The summed E-state index contributed by atoms with van der Waals surface area (Å²) in [5.74, 6) is 0. The highest BCUT2D eigenvalue weighted by Gasteiger charge is 2.30. The van der Waals surface area contributed by atoms with E-state index in [1.54, 1.807) is 20.0 Å². The third-order valence-corrected chi connectivity index (χ3v) is 5.71. The molecule has 1 fully saturated rings. The average molecular weight is 343 g/mol. The highest BCUT2D eigenvalue weighted by molar-refractivity contribution is 7.48. The van der Waals surface area contributed by atoms with Crippen molar-refractivity contribution in [2.45, 2.75) is 39.2 Å². The van der Waals surface area contributed by atoms with Crippen LogP contribution in [0.5, 0.6) is 0 Å². The molecule has 1 aliphatic heterocycles. The summed E-state index contributed by atoms with van der Waals surface area (Å²) in [6.45, 7) is 6.43. The third kappa shape index (κ3) is 5.66. The van der Waals surface area contributed by atoms with Crippen LogP contribution in [0.15, 0.2) is 24.5 Å². The van der Waals surface area contributed by atoms with Gasteiger partial charge in [0, 0.05) is 24.4 Å². The SMILES string of the molecule is CCOP(=O)(OCC)OCC[NH+]1CCCC[C@@H]1c1cccnc1. The van der Waals surface area contributed by atoms with Crippen molar-refractivity contribution < 1.29 is 23.0 Å². The van der Waals surface area contributed by atoms with Crippen molar-refractivity contribution in [2.75, 3.05) is 32.9 Å². The second-order valence-electron chi connectivity index (χ2n) is 5.61. The van der Waals surface area contributed by atoms with Crippen LogP contribution in [0.2, 0.25) is 0 Å². The smallest absolute Gasteiger partial charge is 0.327 e. The molecule has 130 valence electrons. The first kappa shape index (κ1) is 18.6. The lowest BCUT2D eigenvalue weighted by Crippen LogP contribution is -3.13. The highest BCUT2D eigenvalue weighted by Crippen LogP contribution is 2.48. The van der Waals surface area contributed by atoms with Crippen molar-refractivity contribution in [1.82, 2.24) is 4.98 Å². The number of phosphoric acid groups is 1. The standard InChI is InChI=1S/C16H27N2O4P/c1-3-20-23(19,21-4-2)22-13-12-18-11-6-5-9-16(18)15-8-7-10-17-14-15/h7-8,10,14,16H,3-6,9,11-13H2,1-2H3/p+1/t16-/m1/s1. The maximum Gasteiger partial charge on any atom is 0.474 e.